The van der Waals surface area contributed by atoms with E-state index in [1.165, 1.54) is 25.7 Å². The number of hydrogen-bond acceptors (Lipinski definition) is 4. The van der Waals surface area contributed by atoms with Gasteiger partial charge >= 0.3 is 0 Å². The van der Waals surface area contributed by atoms with Crippen LogP contribution in [0.5, 0.6) is 0 Å². The van der Waals surface area contributed by atoms with Gasteiger partial charge in [0, 0.05) is 11.4 Å². The van der Waals surface area contributed by atoms with Crippen LogP contribution in [0.3, 0.4) is 0 Å². The predicted molar refractivity (Wildman–Crippen MR) is 95.0 cm³/mol. The minimum absolute atomic E-state index is 0.197. The highest BCUT2D eigenvalue weighted by Gasteiger charge is 2.22. The molecule has 2 heterocycles. The maximum atomic E-state index is 12.4. The Balaban J connectivity index is 1.64. The van der Waals surface area contributed by atoms with Gasteiger partial charge in [0.15, 0.2) is 0 Å². The SMILES string of the molecule is CC1CCC(N(C)Cc2nc3c(oc4ccccc43)c(=O)[nH]2)CC1. The van der Waals surface area contributed by atoms with Crippen molar-refractivity contribution in [3.8, 4) is 0 Å². The van der Waals surface area contributed by atoms with Crippen LogP contribution in [0.4, 0.5) is 0 Å². The summed E-state index contributed by atoms with van der Waals surface area (Å²) in [6.07, 6.45) is 5.01. The minimum atomic E-state index is -0.197. The molecule has 126 valence electrons. The smallest absolute Gasteiger partial charge is 0.294 e. The zero-order valence-corrected chi connectivity index (χ0v) is 14.2. The van der Waals surface area contributed by atoms with Gasteiger partial charge in [-0.2, -0.15) is 0 Å². The largest absolute Gasteiger partial charge is 0.449 e. The molecule has 1 saturated carbocycles. The lowest BCUT2D eigenvalue weighted by molar-refractivity contribution is 0.161. The number of nitrogens with one attached hydrogen (secondary N) is 1. The fourth-order valence-corrected chi connectivity index (χ4v) is 3.77. The number of hydrogen-bond donors (Lipinski definition) is 1. The predicted octanol–water partition coefficient (Wildman–Crippen LogP) is 3.68. The van der Waals surface area contributed by atoms with Crippen LogP contribution in [0.15, 0.2) is 33.5 Å². The molecule has 2 aromatic heterocycles. The Morgan fingerprint density at radius 3 is 2.79 bits per heavy atom. The second-order valence-electron chi connectivity index (χ2n) is 7.12. The zero-order chi connectivity index (χ0) is 16.7. The van der Waals surface area contributed by atoms with E-state index < -0.39 is 0 Å². The van der Waals surface area contributed by atoms with Crippen molar-refractivity contribution in [1.82, 2.24) is 14.9 Å². The highest BCUT2D eigenvalue weighted by molar-refractivity contribution is 6.01. The van der Waals surface area contributed by atoms with E-state index in [1.54, 1.807) is 0 Å². The molecule has 1 aliphatic carbocycles. The minimum Gasteiger partial charge on any atom is -0.449 e. The molecule has 0 amide bonds. The fourth-order valence-electron chi connectivity index (χ4n) is 3.77. The topological polar surface area (TPSA) is 62.1 Å². The molecule has 1 N–H and O–H groups in total. The van der Waals surface area contributed by atoms with E-state index in [4.69, 9.17) is 4.42 Å². The molecule has 1 aliphatic rings. The Morgan fingerprint density at radius 2 is 2.00 bits per heavy atom. The molecule has 0 aliphatic heterocycles. The van der Waals surface area contributed by atoms with Gasteiger partial charge in [0.05, 0.1) is 6.54 Å². The molecule has 0 radical (unpaired) electrons. The van der Waals surface area contributed by atoms with E-state index in [-0.39, 0.29) is 5.56 Å². The van der Waals surface area contributed by atoms with Crippen LogP contribution in [0.25, 0.3) is 22.1 Å². The van der Waals surface area contributed by atoms with E-state index in [0.717, 1.165) is 11.3 Å². The standard InChI is InChI=1S/C19H23N3O2/c1-12-7-9-13(10-8-12)22(2)11-16-20-17-14-5-3-4-6-15(14)24-18(17)19(23)21-16/h3-6,12-13H,7-11H2,1-2H3,(H,20,21,23). The molecule has 5 heteroatoms. The third-order valence-electron chi connectivity index (χ3n) is 5.29. The number of para-hydroxylation sites is 1. The number of benzene rings is 1. The molecule has 0 unspecified atom stereocenters. The molecule has 0 spiro atoms. The average Bonchev–Trinajstić information content (AvgIpc) is 2.95. The van der Waals surface area contributed by atoms with Gasteiger partial charge in [-0.05, 0) is 50.8 Å². The summed E-state index contributed by atoms with van der Waals surface area (Å²) in [6, 6.07) is 8.23. The van der Waals surface area contributed by atoms with Gasteiger partial charge in [-0.25, -0.2) is 4.98 Å². The van der Waals surface area contributed by atoms with Gasteiger partial charge < -0.3 is 9.40 Å². The summed E-state index contributed by atoms with van der Waals surface area (Å²) < 4.78 is 5.65. The third-order valence-corrected chi connectivity index (χ3v) is 5.29. The normalized spacial score (nSPS) is 21.8. The molecule has 24 heavy (non-hydrogen) atoms. The third kappa shape index (κ3) is 2.73. The van der Waals surface area contributed by atoms with E-state index in [9.17, 15) is 4.79 Å². The van der Waals surface area contributed by atoms with E-state index in [2.05, 4.69) is 28.8 Å². The Morgan fingerprint density at radius 1 is 1.25 bits per heavy atom. The van der Waals surface area contributed by atoms with Crippen molar-refractivity contribution in [2.24, 2.45) is 5.92 Å². The van der Waals surface area contributed by atoms with Crippen LogP contribution in [0, 0.1) is 5.92 Å². The van der Waals surface area contributed by atoms with Gasteiger partial charge in [-0.3, -0.25) is 9.69 Å². The van der Waals surface area contributed by atoms with E-state index >= 15 is 0 Å². The van der Waals surface area contributed by atoms with Crippen LogP contribution in [0.1, 0.15) is 38.4 Å². The highest BCUT2D eigenvalue weighted by Crippen LogP contribution is 2.28. The van der Waals surface area contributed by atoms with Crippen molar-refractivity contribution in [3.05, 3.63) is 40.4 Å². The quantitative estimate of drug-likeness (QED) is 0.798. The Labute approximate surface area is 140 Å². The molecule has 1 fully saturated rings. The van der Waals surface area contributed by atoms with Gasteiger partial charge in [-0.15, -0.1) is 0 Å². The second-order valence-corrected chi connectivity index (χ2v) is 7.12. The molecule has 0 saturated heterocycles. The van der Waals surface area contributed by atoms with Crippen molar-refractivity contribution in [2.45, 2.75) is 45.2 Å². The maximum absolute atomic E-state index is 12.4. The summed E-state index contributed by atoms with van der Waals surface area (Å²) in [5.74, 6) is 1.54. The number of nitrogens with zero attached hydrogens (tertiary/aromatic N) is 2. The van der Waals surface area contributed by atoms with Crippen LogP contribution in [-0.2, 0) is 6.54 Å². The van der Waals surface area contributed by atoms with Crippen molar-refractivity contribution in [1.29, 1.82) is 0 Å². The van der Waals surface area contributed by atoms with Crippen molar-refractivity contribution in [2.75, 3.05) is 7.05 Å². The van der Waals surface area contributed by atoms with Crippen LogP contribution >= 0.6 is 0 Å². The van der Waals surface area contributed by atoms with Crippen molar-refractivity contribution in [3.63, 3.8) is 0 Å². The molecule has 0 bridgehead atoms. The first-order chi connectivity index (χ1) is 11.6. The summed E-state index contributed by atoms with van der Waals surface area (Å²) in [5, 5.41) is 0.897. The summed E-state index contributed by atoms with van der Waals surface area (Å²) in [6.45, 7) is 2.98. The molecule has 3 aromatic rings. The lowest BCUT2D eigenvalue weighted by Crippen LogP contribution is -2.35. The molecule has 0 atom stereocenters. The first-order valence-electron chi connectivity index (χ1n) is 8.72. The molecule has 5 nitrogen and oxygen atoms in total. The average molecular weight is 325 g/mol. The Bertz CT molecular complexity index is 919. The summed E-state index contributed by atoms with van der Waals surface area (Å²) >= 11 is 0. The number of fused-ring (bicyclic) bond motifs is 3. The van der Waals surface area contributed by atoms with E-state index in [1.807, 2.05) is 24.3 Å². The van der Waals surface area contributed by atoms with Crippen LogP contribution in [0.2, 0.25) is 0 Å². The monoisotopic (exact) mass is 325 g/mol. The lowest BCUT2D eigenvalue weighted by atomic mass is 9.87. The highest BCUT2D eigenvalue weighted by atomic mass is 16.3. The van der Waals surface area contributed by atoms with Gasteiger partial charge in [-0.1, -0.05) is 19.1 Å². The van der Waals surface area contributed by atoms with Gasteiger partial charge in [0.1, 0.15) is 16.9 Å². The fraction of sp³-hybridized carbons (Fsp3) is 0.474. The molecular formula is C19H23N3O2. The first-order valence-corrected chi connectivity index (χ1v) is 8.72. The first kappa shape index (κ1) is 15.4. The number of rotatable bonds is 3. The number of aromatic nitrogens is 2. The van der Waals surface area contributed by atoms with Crippen LogP contribution in [-0.4, -0.2) is 28.0 Å². The summed E-state index contributed by atoms with van der Waals surface area (Å²) in [5.41, 5.74) is 1.48. The lowest BCUT2D eigenvalue weighted by Gasteiger charge is -2.33. The zero-order valence-electron chi connectivity index (χ0n) is 14.2. The number of aromatic amines is 1. The summed E-state index contributed by atoms with van der Waals surface area (Å²) in [4.78, 5) is 22.3. The number of H-pyrrole nitrogens is 1. The Hall–Kier alpha value is -2.14. The van der Waals surface area contributed by atoms with Gasteiger partial charge in [0.25, 0.3) is 5.56 Å². The van der Waals surface area contributed by atoms with Crippen LogP contribution < -0.4 is 5.56 Å². The number of furan rings is 1. The van der Waals surface area contributed by atoms with Crippen molar-refractivity contribution < 1.29 is 4.42 Å². The van der Waals surface area contributed by atoms with Crippen molar-refractivity contribution >= 4 is 22.1 Å². The Kier molecular flexibility index (Phi) is 3.88. The summed E-state index contributed by atoms with van der Waals surface area (Å²) in [7, 11) is 2.12. The maximum Gasteiger partial charge on any atom is 0.294 e. The molecule has 1 aromatic carbocycles. The van der Waals surface area contributed by atoms with Gasteiger partial charge in [0.2, 0.25) is 5.58 Å². The van der Waals surface area contributed by atoms with E-state index in [0.29, 0.717) is 35.1 Å². The molecule has 4 rings (SSSR count). The molecular weight excluding hydrogens is 302 g/mol. The second kappa shape index (κ2) is 6.06.